The minimum atomic E-state index is 0. The Bertz CT molecular complexity index is 1230. The van der Waals surface area contributed by atoms with Gasteiger partial charge in [0.2, 0.25) is 0 Å². The SMILES string of the molecule is Cc1cc(-c2ccc3c(c2)CCN(CCCSc2nnc(-c4ccncc4)n2C)CC3)no1.Cl. The molecule has 5 rings (SSSR count). The second kappa shape index (κ2) is 11.2. The van der Waals surface area contributed by atoms with Crippen LogP contribution in [0, 0.1) is 6.92 Å². The number of halogens is 1. The Morgan fingerprint density at radius 2 is 1.76 bits per heavy atom. The lowest BCUT2D eigenvalue weighted by Gasteiger charge is -2.19. The number of thioether (sulfide) groups is 1. The van der Waals surface area contributed by atoms with E-state index in [9.17, 15) is 0 Å². The predicted molar refractivity (Wildman–Crippen MR) is 137 cm³/mol. The molecule has 4 aromatic rings. The lowest BCUT2D eigenvalue weighted by atomic mass is 9.99. The molecule has 1 aliphatic heterocycles. The van der Waals surface area contributed by atoms with E-state index in [0.29, 0.717) is 0 Å². The normalized spacial score (nSPS) is 13.8. The van der Waals surface area contributed by atoms with E-state index in [1.807, 2.05) is 32.2 Å². The van der Waals surface area contributed by atoms with Gasteiger partial charge in [0, 0.05) is 55.5 Å². The second-order valence-electron chi connectivity index (χ2n) is 8.45. The minimum Gasteiger partial charge on any atom is -0.361 e. The third-order valence-corrected chi connectivity index (χ3v) is 7.25. The van der Waals surface area contributed by atoms with Gasteiger partial charge in [0.05, 0.1) is 0 Å². The van der Waals surface area contributed by atoms with Crippen LogP contribution in [-0.2, 0) is 19.9 Å². The Hall–Kier alpha value is -2.68. The van der Waals surface area contributed by atoms with Gasteiger partial charge < -0.3 is 14.0 Å². The maximum atomic E-state index is 5.25. The van der Waals surface area contributed by atoms with Gasteiger partial charge in [-0.05, 0) is 62.1 Å². The Labute approximate surface area is 210 Å². The lowest BCUT2D eigenvalue weighted by Crippen LogP contribution is -2.27. The quantitative estimate of drug-likeness (QED) is 0.267. The van der Waals surface area contributed by atoms with Crippen LogP contribution < -0.4 is 0 Å². The van der Waals surface area contributed by atoms with Crippen molar-refractivity contribution in [2.45, 2.75) is 31.3 Å². The maximum absolute atomic E-state index is 5.25. The van der Waals surface area contributed by atoms with Crippen LogP contribution >= 0.6 is 24.2 Å². The van der Waals surface area contributed by atoms with Crippen molar-refractivity contribution in [1.82, 2.24) is 29.8 Å². The number of benzene rings is 1. The molecule has 0 saturated heterocycles. The molecule has 0 atom stereocenters. The smallest absolute Gasteiger partial charge is 0.191 e. The van der Waals surface area contributed by atoms with Gasteiger partial charge in [-0.15, -0.1) is 22.6 Å². The molecule has 178 valence electrons. The molecule has 0 bridgehead atoms. The standard InChI is InChI=1S/C25H28N6OS.ClH/c1-18-16-23(29-32-18)22-5-4-19-8-13-31(14-9-21(19)17-22)12-3-15-33-25-28-27-24(30(25)2)20-6-10-26-11-7-20;/h4-7,10-11,16-17H,3,8-9,12-15H2,1-2H3;1H. The number of hydrogen-bond acceptors (Lipinski definition) is 7. The van der Waals surface area contributed by atoms with E-state index >= 15 is 0 Å². The highest BCUT2D eigenvalue weighted by molar-refractivity contribution is 7.99. The molecule has 0 radical (unpaired) electrons. The van der Waals surface area contributed by atoms with Gasteiger partial charge in [-0.3, -0.25) is 4.98 Å². The molecule has 0 unspecified atom stereocenters. The average molecular weight is 497 g/mol. The highest BCUT2D eigenvalue weighted by Gasteiger charge is 2.16. The molecule has 0 aliphatic carbocycles. The highest BCUT2D eigenvalue weighted by Crippen LogP contribution is 2.26. The summed E-state index contributed by atoms with van der Waals surface area (Å²) in [5, 5.41) is 13.9. The summed E-state index contributed by atoms with van der Waals surface area (Å²) in [6.45, 7) is 5.23. The van der Waals surface area contributed by atoms with Gasteiger partial charge in [-0.25, -0.2) is 0 Å². The Morgan fingerprint density at radius 1 is 0.971 bits per heavy atom. The topological polar surface area (TPSA) is 72.9 Å². The first-order valence-corrected chi connectivity index (χ1v) is 12.4. The van der Waals surface area contributed by atoms with Crippen molar-refractivity contribution >= 4 is 24.2 Å². The number of pyridine rings is 1. The predicted octanol–water partition coefficient (Wildman–Crippen LogP) is 4.85. The molecule has 3 aromatic heterocycles. The van der Waals surface area contributed by atoms with Gasteiger partial charge >= 0.3 is 0 Å². The third-order valence-electron chi connectivity index (χ3n) is 6.15. The van der Waals surface area contributed by atoms with Crippen LogP contribution in [0.15, 0.2) is 58.5 Å². The number of fused-ring (bicyclic) bond motifs is 1. The number of rotatable bonds is 7. The fourth-order valence-electron chi connectivity index (χ4n) is 4.30. The fourth-order valence-corrected chi connectivity index (χ4v) is 5.14. The van der Waals surface area contributed by atoms with E-state index < -0.39 is 0 Å². The monoisotopic (exact) mass is 496 g/mol. The van der Waals surface area contributed by atoms with E-state index in [-0.39, 0.29) is 12.4 Å². The van der Waals surface area contributed by atoms with Crippen LogP contribution in [0.1, 0.15) is 23.3 Å². The highest BCUT2D eigenvalue weighted by atomic mass is 35.5. The van der Waals surface area contributed by atoms with Crippen molar-refractivity contribution in [2.75, 3.05) is 25.4 Å². The summed E-state index contributed by atoms with van der Waals surface area (Å²) in [5.74, 6) is 2.76. The first-order chi connectivity index (χ1) is 16.2. The summed E-state index contributed by atoms with van der Waals surface area (Å²) in [6.07, 6.45) is 6.87. The first-order valence-electron chi connectivity index (χ1n) is 11.4. The maximum Gasteiger partial charge on any atom is 0.191 e. The zero-order valence-corrected chi connectivity index (χ0v) is 21.1. The van der Waals surface area contributed by atoms with Crippen LogP contribution in [0.25, 0.3) is 22.6 Å². The summed E-state index contributed by atoms with van der Waals surface area (Å²) in [7, 11) is 2.03. The Morgan fingerprint density at radius 3 is 2.53 bits per heavy atom. The number of aryl methyl sites for hydroxylation is 1. The van der Waals surface area contributed by atoms with E-state index in [4.69, 9.17) is 4.52 Å². The number of aromatic nitrogens is 5. The van der Waals surface area contributed by atoms with E-state index in [1.54, 1.807) is 24.2 Å². The Kier molecular flexibility index (Phi) is 8.03. The molecular weight excluding hydrogens is 468 g/mol. The largest absolute Gasteiger partial charge is 0.361 e. The average Bonchev–Trinajstić information content (AvgIpc) is 3.37. The summed E-state index contributed by atoms with van der Waals surface area (Å²) in [6, 6.07) is 12.7. The molecule has 4 heterocycles. The lowest BCUT2D eigenvalue weighted by molar-refractivity contribution is 0.289. The van der Waals surface area contributed by atoms with Gasteiger partial charge in [0.1, 0.15) is 11.5 Å². The number of hydrogen-bond donors (Lipinski definition) is 0. The van der Waals surface area contributed by atoms with Crippen molar-refractivity contribution in [2.24, 2.45) is 7.05 Å². The van der Waals surface area contributed by atoms with E-state index in [2.05, 4.69) is 48.0 Å². The van der Waals surface area contributed by atoms with Crippen LogP contribution in [-0.4, -0.2) is 55.2 Å². The molecular formula is C25H29ClN6OS. The zero-order chi connectivity index (χ0) is 22.6. The van der Waals surface area contributed by atoms with Gasteiger partial charge in [0.15, 0.2) is 11.0 Å². The van der Waals surface area contributed by atoms with Crippen molar-refractivity contribution < 1.29 is 4.52 Å². The molecule has 0 saturated carbocycles. The second-order valence-corrected chi connectivity index (χ2v) is 9.51. The van der Waals surface area contributed by atoms with Crippen molar-refractivity contribution in [3.63, 3.8) is 0 Å². The van der Waals surface area contributed by atoms with Crippen molar-refractivity contribution in [3.05, 3.63) is 65.7 Å². The molecule has 7 nitrogen and oxygen atoms in total. The summed E-state index contributed by atoms with van der Waals surface area (Å²) >= 11 is 1.78. The van der Waals surface area contributed by atoms with Crippen molar-refractivity contribution in [1.29, 1.82) is 0 Å². The van der Waals surface area contributed by atoms with E-state index in [1.165, 1.54) is 11.1 Å². The van der Waals surface area contributed by atoms with Crippen LogP contribution in [0.4, 0.5) is 0 Å². The van der Waals surface area contributed by atoms with Crippen LogP contribution in [0.5, 0.6) is 0 Å². The zero-order valence-electron chi connectivity index (χ0n) is 19.5. The molecule has 34 heavy (non-hydrogen) atoms. The fraction of sp³-hybridized carbons (Fsp3) is 0.360. The minimum absolute atomic E-state index is 0. The molecule has 9 heteroatoms. The van der Waals surface area contributed by atoms with Crippen molar-refractivity contribution in [3.8, 4) is 22.6 Å². The molecule has 0 amide bonds. The van der Waals surface area contributed by atoms with Crippen LogP contribution in [0.2, 0.25) is 0 Å². The summed E-state index contributed by atoms with van der Waals surface area (Å²) < 4.78 is 7.32. The molecule has 1 aromatic carbocycles. The summed E-state index contributed by atoms with van der Waals surface area (Å²) in [5.41, 5.74) is 6.00. The van der Waals surface area contributed by atoms with Gasteiger partial charge in [-0.1, -0.05) is 29.1 Å². The van der Waals surface area contributed by atoms with E-state index in [0.717, 1.165) is 78.2 Å². The number of nitrogens with zero attached hydrogens (tertiary/aromatic N) is 6. The molecule has 0 spiro atoms. The molecule has 1 aliphatic rings. The van der Waals surface area contributed by atoms with Gasteiger partial charge in [-0.2, -0.15) is 0 Å². The van der Waals surface area contributed by atoms with Crippen LogP contribution in [0.3, 0.4) is 0 Å². The molecule has 0 N–H and O–H groups in total. The summed E-state index contributed by atoms with van der Waals surface area (Å²) in [4.78, 5) is 6.66. The Balaban J connectivity index is 0.00000274. The third kappa shape index (κ3) is 5.51. The first kappa shape index (κ1) is 24.4. The van der Waals surface area contributed by atoms with Gasteiger partial charge in [0.25, 0.3) is 0 Å². The molecule has 0 fully saturated rings.